The molecule has 0 spiro atoms. The van der Waals surface area contributed by atoms with Gasteiger partial charge in [0, 0.05) is 23.2 Å². The van der Waals surface area contributed by atoms with Crippen molar-refractivity contribution in [2.45, 2.75) is 32.8 Å². The Morgan fingerprint density at radius 3 is 2.53 bits per heavy atom. The fourth-order valence-corrected chi connectivity index (χ4v) is 4.14. The van der Waals surface area contributed by atoms with Gasteiger partial charge in [0.2, 0.25) is 0 Å². The standard InChI is InChI=1S/C27H27ClN2O2/c1-3-4-15-32-25(17-31)26-18(2)16-24-21(27(26)19-8-10-20(28)11-9-19)12-13-23(30-24)22-7-5-6-14-29-22/h5-14,16,25,31H,3-4,15,17H2,1-2H3. The van der Waals surface area contributed by atoms with Crippen molar-refractivity contribution in [3.05, 3.63) is 83.0 Å². The number of rotatable bonds is 8. The third-order valence-corrected chi connectivity index (χ3v) is 5.86. The van der Waals surface area contributed by atoms with E-state index in [4.69, 9.17) is 21.3 Å². The molecular formula is C27H27ClN2O2. The van der Waals surface area contributed by atoms with Gasteiger partial charge in [-0.3, -0.25) is 4.98 Å². The highest BCUT2D eigenvalue weighted by atomic mass is 35.5. The molecule has 0 aliphatic carbocycles. The lowest BCUT2D eigenvalue weighted by Gasteiger charge is -2.23. The molecule has 4 rings (SSSR count). The van der Waals surface area contributed by atoms with E-state index in [0.717, 1.165) is 57.4 Å². The second-order valence-corrected chi connectivity index (χ2v) is 8.30. The normalized spacial score (nSPS) is 12.2. The Hall–Kier alpha value is -2.79. The smallest absolute Gasteiger partial charge is 0.106 e. The van der Waals surface area contributed by atoms with Crippen molar-refractivity contribution in [2.24, 2.45) is 0 Å². The lowest BCUT2D eigenvalue weighted by atomic mass is 9.88. The van der Waals surface area contributed by atoms with E-state index in [0.29, 0.717) is 11.6 Å². The van der Waals surface area contributed by atoms with Gasteiger partial charge in [-0.2, -0.15) is 0 Å². The molecule has 2 aromatic carbocycles. The number of unbranched alkanes of at least 4 members (excludes halogenated alkanes) is 1. The van der Waals surface area contributed by atoms with Gasteiger partial charge in [0.05, 0.1) is 23.5 Å². The molecule has 1 atom stereocenters. The summed E-state index contributed by atoms with van der Waals surface area (Å²) in [6.45, 7) is 4.70. The van der Waals surface area contributed by atoms with E-state index in [1.165, 1.54) is 0 Å². The first kappa shape index (κ1) is 22.4. The first-order valence-corrected chi connectivity index (χ1v) is 11.3. The van der Waals surface area contributed by atoms with Crippen LogP contribution in [0.25, 0.3) is 33.4 Å². The molecule has 0 saturated carbocycles. The van der Waals surface area contributed by atoms with E-state index < -0.39 is 6.10 Å². The third kappa shape index (κ3) is 4.68. The molecule has 5 heteroatoms. The summed E-state index contributed by atoms with van der Waals surface area (Å²) in [6, 6.07) is 19.7. The largest absolute Gasteiger partial charge is 0.393 e. The van der Waals surface area contributed by atoms with Gasteiger partial charge >= 0.3 is 0 Å². The highest BCUT2D eigenvalue weighted by Gasteiger charge is 2.22. The number of pyridine rings is 2. The minimum Gasteiger partial charge on any atom is -0.393 e. The Bertz CT molecular complexity index is 1190. The fourth-order valence-electron chi connectivity index (χ4n) is 4.02. The maximum atomic E-state index is 10.2. The summed E-state index contributed by atoms with van der Waals surface area (Å²) in [4.78, 5) is 9.36. The first-order valence-electron chi connectivity index (χ1n) is 11.0. The van der Waals surface area contributed by atoms with Crippen molar-refractivity contribution < 1.29 is 9.84 Å². The Labute approximate surface area is 193 Å². The van der Waals surface area contributed by atoms with E-state index in [1.807, 2.05) is 48.5 Å². The van der Waals surface area contributed by atoms with E-state index in [1.54, 1.807) is 6.20 Å². The molecule has 32 heavy (non-hydrogen) atoms. The van der Waals surface area contributed by atoms with Crippen LogP contribution in [-0.2, 0) is 4.74 Å². The molecule has 1 unspecified atom stereocenters. The molecule has 0 amide bonds. The van der Waals surface area contributed by atoms with Gasteiger partial charge in [-0.15, -0.1) is 0 Å². The molecule has 0 radical (unpaired) electrons. The maximum absolute atomic E-state index is 10.2. The van der Waals surface area contributed by atoms with Crippen LogP contribution in [-0.4, -0.2) is 28.3 Å². The number of benzene rings is 2. The number of aliphatic hydroxyl groups is 1. The minimum absolute atomic E-state index is 0.0872. The second-order valence-electron chi connectivity index (χ2n) is 7.86. The number of fused-ring (bicyclic) bond motifs is 1. The summed E-state index contributed by atoms with van der Waals surface area (Å²) in [5, 5.41) is 11.9. The zero-order valence-electron chi connectivity index (χ0n) is 18.4. The Morgan fingerprint density at radius 2 is 1.84 bits per heavy atom. The number of ether oxygens (including phenoxy) is 1. The number of aryl methyl sites for hydroxylation is 1. The Kier molecular flexibility index (Phi) is 7.15. The van der Waals surface area contributed by atoms with Crippen LogP contribution in [0.15, 0.2) is 66.9 Å². The fraction of sp³-hybridized carbons (Fsp3) is 0.259. The first-order chi connectivity index (χ1) is 15.6. The van der Waals surface area contributed by atoms with Crippen LogP contribution in [0.2, 0.25) is 5.02 Å². The number of nitrogens with zero attached hydrogens (tertiary/aromatic N) is 2. The van der Waals surface area contributed by atoms with Crippen LogP contribution in [0.3, 0.4) is 0 Å². The summed E-state index contributed by atoms with van der Waals surface area (Å²) in [5.41, 5.74) is 6.60. The molecular weight excluding hydrogens is 420 g/mol. The highest BCUT2D eigenvalue weighted by molar-refractivity contribution is 6.30. The van der Waals surface area contributed by atoms with Crippen molar-refractivity contribution in [3.8, 4) is 22.5 Å². The molecule has 0 aliphatic rings. The number of hydrogen-bond donors (Lipinski definition) is 1. The van der Waals surface area contributed by atoms with Crippen LogP contribution in [0.1, 0.15) is 37.0 Å². The average molecular weight is 447 g/mol. The molecule has 0 saturated heterocycles. The van der Waals surface area contributed by atoms with Gasteiger partial charge < -0.3 is 9.84 Å². The van der Waals surface area contributed by atoms with Gasteiger partial charge in [0.15, 0.2) is 0 Å². The molecule has 2 heterocycles. The highest BCUT2D eigenvalue weighted by Crippen LogP contribution is 2.39. The zero-order valence-corrected chi connectivity index (χ0v) is 19.1. The maximum Gasteiger partial charge on any atom is 0.106 e. The summed E-state index contributed by atoms with van der Waals surface area (Å²) in [7, 11) is 0. The number of hydrogen-bond acceptors (Lipinski definition) is 4. The SMILES string of the molecule is CCCCOC(CO)c1c(C)cc2nc(-c3ccccn3)ccc2c1-c1ccc(Cl)cc1. The molecule has 0 aliphatic heterocycles. The van der Waals surface area contributed by atoms with Gasteiger partial charge in [-0.05, 0) is 78.1 Å². The van der Waals surface area contributed by atoms with Crippen molar-refractivity contribution in [2.75, 3.05) is 13.2 Å². The van der Waals surface area contributed by atoms with E-state index in [2.05, 4.69) is 31.0 Å². The van der Waals surface area contributed by atoms with Crippen molar-refractivity contribution in [3.63, 3.8) is 0 Å². The molecule has 4 aromatic rings. The van der Waals surface area contributed by atoms with E-state index in [9.17, 15) is 5.11 Å². The summed E-state index contributed by atoms with van der Waals surface area (Å²) in [6.07, 6.45) is 3.36. The summed E-state index contributed by atoms with van der Waals surface area (Å²) < 4.78 is 6.12. The Balaban J connectivity index is 1.92. The molecule has 164 valence electrons. The predicted molar refractivity (Wildman–Crippen MR) is 131 cm³/mol. The topological polar surface area (TPSA) is 55.2 Å². The number of aliphatic hydroxyl groups excluding tert-OH is 1. The summed E-state index contributed by atoms with van der Waals surface area (Å²) >= 11 is 6.17. The van der Waals surface area contributed by atoms with E-state index >= 15 is 0 Å². The number of aromatic nitrogens is 2. The van der Waals surface area contributed by atoms with Crippen LogP contribution < -0.4 is 0 Å². The van der Waals surface area contributed by atoms with Gasteiger partial charge in [-0.25, -0.2) is 4.98 Å². The second kappa shape index (κ2) is 10.2. The predicted octanol–water partition coefficient (Wildman–Crippen LogP) is 6.78. The van der Waals surface area contributed by atoms with Crippen molar-refractivity contribution in [1.82, 2.24) is 9.97 Å². The summed E-state index contributed by atoms with van der Waals surface area (Å²) in [5.74, 6) is 0. The zero-order chi connectivity index (χ0) is 22.5. The van der Waals surface area contributed by atoms with Gasteiger partial charge in [0.25, 0.3) is 0 Å². The van der Waals surface area contributed by atoms with Crippen molar-refractivity contribution in [1.29, 1.82) is 0 Å². The Morgan fingerprint density at radius 1 is 1.03 bits per heavy atom. The minimum atomic E-state index is -0.410. The molecule has 0 bridgehead atoms. The molecule has 0 fully saturated rings. The van der Waals surface area contributed by atoms with Gasteiger partial charge in [0.1, 0.15) is 6.10 Å². The van der Waals surface area contributed by atoms with Crippen LogP contribution in [0.5, 0.6) is 0 Å². The molecule has 4 nitrogen and oxygen atoms in total. The van der Waals surface area contributed by atoms with Crippen LogP contribution in [0.4, 0.5) is 0 Å². The number of halogens is 1. The van der Waals surface area contributed by atoms with Crippen LogP contribution >= 0.6 is 11.6 Å². The lowest BCUT2D eigenvalue weighted by molar-refractivity contribution is 0.0105. The van der Waals surface area contributed by atoms with Crippen molar-refractivity contribution >= 4 is 22.5 Å². The monoisotopic (exact) mass is 446 g/mol. The van der Waals surface area contributed by atoms with Crippen LogP contribution in [0, 0.1) is 6.92 Å². The average Bonchev–Trinajstić information content (AvgIpc) is 2.82. The third-order valence-electron chi connectivity index (χ3n) is 5.61. The molecule has 1 N–H and O–H groups in total. The molecule has 2 aromatic heterocycles. The quantitative estimate of drug-likeness (QED) is 0.303. The van der Waals surface area contributed by atoms with E-state index in [-0.39, 0.29) is 6.61 Å². The lowest BCUT2D eigenvalue weighted by Crippen LogP contribution is -2.13. The van der Waals surface area contributed by atoms with Gasteiger partial charge in [-0.1, -0.05) is 43.1 Å².